The van der Waals surface area contributed by atoms with E-state index in [2.05, 4.69) is 20.6 Å². The highest BCUT2D eigenvalue weighted by atomic mass is 35.5. The van der Waals surface area contributed by atoms with Crippen molar-refractivity contribution >= 4 is 22.6 Å². The first-order valence-corrected chi connectivity index (χ1v) is 7.20. The Morgan fingerprint density at radius 2 is 2.00 bits per heavy atom. The predicted molar refractivity (Wildman–Crippen MR) is 81.9 cm³/mol. The second kappa shape index (κ2) is 5.94. The lowest BCUT2D eigenvalue weighted by Crippen LogP contribution is -2.05. The van der Waals surface area contributed by atoms with Gasteiger partial charge in [0, 0.05) is 18.9 Å². The second-order valence-electron chi connectivity index (χ2n) is 4.70. The molecule has 2 heterocycles. The molecule has 104 valence electrons. The van der Waals surface area contributed by atoms with Crippen molar-refractivity contribution in [3.8, 4) is 6.07 Å². The molecule has 0 aliphatic rings. The highest BCUT2D eigenvalue weighted by Gasteiger charge is 2.12. The molecular weight excluding hydrogens is 284 g/mol. The van der Waals surface area contributed by atoms with E-state index in [9.17, 15) is 5.26 Å². The van der Waals surface area contributed by atoms with Crippen LogP contribution in [0.25, 0.3) is 11.0 Å². The van der Waals surface area contributed by atoms with Crippen LogP contribution in [-0.4, -0.2) is 14.5 Å². The largest absolute Gasteiger partial charge is 0.327 e. The van der Waals surface area contributed by atoms with Crippen LogP contribution in [0, 0.1) is 11.3 Å². The zero-order valence-electron chi connectivity index (χ0n) is 11.3. The molecule has 0 unspecified atom stereocenters. The van der Waals surface area contributed by atoms with Crippen molar-refractivity contribution < 1.29 is 0 Å². The van der Waals surface area contributed by atoms with Crippen molar-refractivity contribution in [3.05, 3.63) is 59.7 Å². The molecule has 0 saturated heterocycles. The maximum atomic E-state index is 9.18. The Labute approximate surface area is 127 Å². The summed E-state index contributed by atoms with van der Waals surface area (Å²) in [6.45, 7) is 0.775. The van der Waals surface area contributed by atoms with E-state index in [0.29, 0.717) is 11.4 Å². The number of pyridine rings is 1. The number of rotatable bonds is 4. The Morgan fingerprint density at radius 1 is 1.19 bits per heavy atom. The van der Waals surface area contributed by atoms with Crippen LogP contribution in [0.2, 0.25) is 0 Å². The number of alkyl halides is 1. The van der Waals surface area contributed by atoms with Crippen molar-refractivity contribution in [1.82, 2.24) is 14.5 Å². The normalized spacial score (nSPS) is 10.7. The first kappa shape index (κ1) is 13.6. The van der Waals surface area contributed by atoms with Gasteiger partial charge >= 0.3 is 0 Å². The van der Waals surface area contributed by atoms with Gasteiger partial charge < -0.3 is 4.57 Å². The molecular formula is C16H13ClN4. The van der Waals surface area contributed by atoms with Gasteiger partial charge in [-0.25, -0.2) is 4.98 Å². The predicted octanol–water partition coefficient (Wildman–Crippen LogP) is 3.28. The SMILES string of the molecule is N#Cc1cccc2c1nc(CCl)n2CCc1ccncc1. The van der Waals surface area contributed by atoms with Crippen LogP contribution in [0.1, 0.15) is 17.0 Å². The third-order valence-corrected chi connectivity index (χ3v) is 3.71. The molecule has 2 aromatic heterocycles. The molecule has 0 bridgehead atoms. The average molecular weight is 297 g/mol. The number of imidazole rings is 1. The third kappa shape index (κ3) is 2.61. The van der Waals surface area contributed by atoms with Crippen LogP contribution >= 0.6 is 11.6 Å². The average Bonchev–Trinajstić information content (AvgIpc) is 2.91. The van der Waals surface area contributed by atoms with Gasteiger partial charge in [-0.15, -0.1) is 11.6 Å². The fourth-order valence-corrected chi connectivity index (χ4v) is 2.63. The monoisotopic (exact) mass is 296 g/mol. The van der Waals surface area contributed by atoms with Gasteiger partial charge in [-0.2, -0.15) is 5.26 Å². The van der Waals surface area contributed by atoms with Crippen molar-refractivity contribution in [3.63, 3.8) is 0 Å². The van der Waals surface area contributed by atoms with E-state index in [-0.39, 0.29) is 0 Å². The fraction of sp³-hybridized carbons (Fsp3) is 0.188. The summed E-state index contributed by atoms with van der Waals surface area (Å²) in [5.74, 6) is 1.12. The van der Waals surface area contributed by atoms with Gasteiger partial charge in [-0.05, 0) is 36.2 Å². The molecule has 0 spiro atoms. The molecule has 0 saturated carbocycles. The second-order valence-corrected chi connectivity index (χ2v) is 4.97. The topological polar surface area (TPSA) is 54.5 Å². The van der Waals surface area contributed by atoms with Crippen LogP contribution in [0.4, 0.5) is 0 Å². The molecule has 3 aromatic rings. The Balaban J connectivity index is 1.99. The number of halogens is 1. The summed E-state index contributed by atoms with van der Waals surface area (Å²) in [4.78, 5) is 8.53. The molecule has 0 N–H and O–H groups in total. The summed E-state index contributed by atoms with van der Waals surface area (Å²) in [5, 5.41) is 9.18. The molecule has 0 amide bonds. The molecule has 1 aromatic carbocycles. The van der Waals surface area contributed by atoms with Crippen LogP contribution in [0.3, 0.4) is 0 Å². The van der Waals surface area contributed by atoms with Gasteiger partial charge in [-0.3, -0.25) is 4.98 Å². The lowest BCUT2D eigenvalue weighted by atomic mass is 10.2. The summed E-state index contributed by atoms with van der Waals surface area (Å²) in [6.07, 6.45) is 4.45. The van der Waals surface area contributed by atoms with E-state index in [1.54, 1.807) is 18.5 Å². The number of para-hydroxylation sites is 1. The Kier molecular flexibility index (Phi) is 3.85. The lowest BCUT2D eigenvalue weighted by molar-refractivity contribution is 0.687. The van der Waals surface area contributed by atoms with Crippen LogP contribution in [0.5, 0.6) is 0 Å². The zero-order chi connectivity index (χ0) is 14.7. The molecule has 21 heavy (non-hydrogen) atoms. The zero-order valence-corrected chi connectivity index (χ0v) is 12.1. The summed E-state index contributed by atoms with van der Waals surface area (Å²) in [5.41, 5.74) is 3.48. The standard InChI is InChI=1S/C16H13ClN4/c17-10-15-20-16-13(11-18)2-1-3-14(16)21(15)9-6-12-4-7-19-8-5-12/h1-5,7-8H,6,9-10H2. The smallest absolute Gasteiger partial charge is 0.124 e. The fourth-order valence-electron chi connectivity index (χ4n) is 2.43. The molecule has 3 rings (SSSR count). The number of nitrogens with zero attached hydrogens (tertiary/aromatic N) is 4. The van der Waals surface area contributed by atoms with Crippen LogP contribution in [-0.2, 0) is 18.8 Å². The van der Waals surface area contributed by atoms with E-state index in [0.717, 1.165) is 29.8 Å². The summed E-state index contributed by atoms with van der Waals surface area (Å²) >= 11 is 6.00. The van der Waals surface area contributed by atoms with Gasteiger partial charge in [-0.1, -0.05) is 6.07 Å². The minimum Gasteiger partial charge on any atom is -0.327 e. The van der Waals surface area contributed by atoms with Gasteiger partial charge in [0.25, 0.3) is 0 Å². The van der Waals surface area contributed by atoms with Gasteiger partial charge in [0.05, 0.1) is 17.0 Å². The number of hydrogen-bond acceptors (Lipinski definition) is 3. The van der Waals surface area contributed by atoms with Crippen molar-refractivity contribution in [2.75, 3.05) is 0 Å². The Morgan fingerprint density at radius 3 is 2.71 bits per heavy atom. The number of benzene rings is 1. The molecule has 0 aliphatic heterocycles. The number of nitriles is 1. The first-order valence-electron chi connectivity index (χ1n) is 6.66. The van der Waals surface area contributed by atoms with Gasteiger partial charge in [0.1, 0.15) is 17.4 Å². The van der Waals surface area contributed by atoms with E-state index in [4.69, 9.17) is 11.6 Å². The molecule has 0 radical (unpaired) electrons. The van der Waals surface area contributed by atoms with E-state index in [1.165, 1.54) is 5.56 Å². The molecule has 5 heteroatoms. The molecule has 0 fully saturated rings. The number of fused-ring (bicyclic) bond motifs is 1. The van der Waals surface area contributed by atoms with Crippen molar-refractivity contribution in [2.24, 2.45) is 0 Å². The van der Waals surface area contributed by atoms with Crippen molar-refractivity contribution in [2.45, 2.75) is 18.8 Å². The Hall–Kier alpha value is -2.38. The van der Waals surface area contributed by atoms with Crippen LogP contribution in [0.15, 0.2) is 42.7 Å². The summed E-state index contributed by atoms with van der Waals surface area (Å²) in [6, 6.07) is 11.8. The van der Waals surface area contributed by atoms with Gasteiger partial charge in [0.15, 0.2) is 0 Å². The summed E-state index contributed by atoms with van der Waals surface area (Å²) in [7, 11) is 0. The molecule has 0 atom stereocenters. The minimum absolute atomic E-state index is 0.329. The van der Waals surface area contributed by atoms with E-state index >= 15 is 0 Å². The molecule has 4 nitrogen and oxygen atoms in total. The number of aromatic nitrogens is 3. The Bertz CT molecular complexity index is 802. The van der Waals surface area contributed by atoms with Crippen molar-refractivity contribution in [1.29, 1.82) is 5.26 Å². The number of hydrogen-bond donors (Lipinski definition) is 0. The van der Waals surface area contributed by atoms with Crippen LogP contribution < -0.4 is 0 Å². The quantitative estimate of drug-likeness (QED) is 0.694. The highest BCUT2D eigenvalue weighted by molar-refractivity contribution is 6.16. The van der Waals surface area contributed by atoms with E-state index < -0.39 is 0 Å². The third-order valence-electron chi connectivity index (χ3n) is 3.47. The number of aryl methyl sites for hydroxylation is 2. The maximum Gasteiger partial charge on any atom is 0.124 e. The minimum atomic E-state index is 0.329. The first-order chi connectivity index (χ1) is 10.3. The molecule has 0 aliphatic carbocycles. The highest BCUT2D eigenvalue weighted by Crippen LogP contribution is 2.21. The summed E-state index contributed by atoms with van der Waals surface area (Å²) < 4.78 is 2.09. The van der Waals surface area contributed by atoms with E-state index in [1.807, 2.05) is 24.3 Å². The van der Waals surface area contributed by atoms with Gasteiger partial charge in [0.2, 0.25) is 0 Å². The maximum absolute atomic E-state index is 9.18. The lowest BCUT2D eigenvalue weighted by Gasteiger charge is -2.07.